The molecular formula is C14H26N2O. The maximum absolute atomic E-state index is 5.90. The van der Waals surface area contributed by atoms with Gasteiger partial charge in [-0.1, -0.05) is 6.92 Å². The molecule has 3 nitrogen and oxygen atoms in total. The highest BCUT2D eigenvalue weighted by Gasteiger charge is 2.41. The molecule has 1 N–H and O–H groups in total. The van der Waals surface area contributed by atoms with E-state index in [9.17, 15) is 0 Å². The molecule has 1 aliphatic carbocycles. The van der Waals surface area contributed by atoms with Crippen LogP contribution < -0.4 is 5.32 Å². The van der Waals surface area contributed by atoms with E-state index in [1.807, 2.05) is 0 Å². The van der Waals surface area contributed by atoms with E-state index in [2.05, 4.69) is 17.1 Å². The van der Waals surface area contributed by atoms with Crippen molar-refractivity contribution in [3.63, 3.8) is 0 Å². The van der Waals surface area contributed by atoms with Crippen LogP contribution in [0, 0.1) is 0 Å². The second kappa shape index (κ2) is 4.87. The van der Waals surface area contributed by atoms with Gasteiger partial charge in [-0.05, 0) is 45.1 Å². The number of ether oxygens (including phenoxy) is 1. The van der Waals surface area contributed by atoms with Crippen LogP contribution in [-0.4, -0.2) is 48.8 Å². The van der Waals surface area contributed by atoms with E-state index in [1.165, 1.54) is 51.6 Å². The zero-order valence-corrected chi connectivity index (χ0v) is 11.1. The molecule has 2 aliphatic heterocycles. The molecule has 3 heteroatoms. The lowest BCUT2D eigenvalue weighted by molar-refractivity contribution is -0.0633. The summed E-state index contributed by atoms with van der Waals surface area (Å²) < 4.78 is 5.90. The molecule has 0 bridgehead atoms. The summed E-state index contributed by atoms with van der Waals surface area (Å²) in [7, 11) is 0. The summed E-state index contributed by atoms with van der Waals surface area (Å²) in [6.45, 7) is 6.89. The van der Waals surface area contributed by atoms with E-state index in [-0.39, 0.29) is 0 Å². The Bertz CT molecular complexity index is 263. The first-order valence-electron chi connectivity index (χ1n) is 7.44. The Hall–Kier alpha value is -0.120. The van der Waals surface area contributed by atoms with Crippen LogP contribution in [0.15, 0.2) is 0 Å². The molecular weight excluding hydrogens is 212 g/mol. The van der Waals surface area contributed by atoms with Crippen molar-refractivity contribution >= 4 is 0 Å². The van der Waals surface area contributed by atoms with Crippen molar-refractivity contribution < 1.29 is 4.74 Å². The number of hydrogen-bond donors (Lipinski definition) is 1. The van der Waals surface area contributed by atoms with Crippen molar-refractivity contribution in [1.82, 2.24) is 10.2 Å². The fraction of sp³-hybridized carbons (Fsp3) is 1.00. The molecule has 1 saturated carbocycles. The molecule has 3 fully saturated rings. The van der Waals surface area contributed by atoms with Crippen LogP contribution in [0.4, 0.5) is 0 Å². The van der Waals surface area contributed by atoms with Gasteiger partial charge in [-0.3, -0.25) is 4.90 Å². The average Bonchev–Trinajstić information content (AvgIpc) is 2.98. The topological polar surface area (TPSA) is 24.5 Å². The molecule has 0 amide bonds. The summed E-state index contributed by atoms with van der Waals surface area (Å²) in [5, 5.41) is 3.76. The maximum atomic E-state index is 5.90. The minimum absolute atomic E-state index is 0.407. The van der Waals surface area contributed by atoms with Gasteiger partial charge in [0.05, 0.1) is 12.7 Å². The number of morpholine rings is 1. The molecule has 0 aromatic rings. The third kappa shape index (κ3) is 2.25. The van der Waals surface area contributed by atoms with Crippen molar-refractivity contribution in [3.05, 3.63) is 0 Å². The zero-order valence-electron chi connectivity index (χ0n) is 11.1. The largest absolute Gasteiger partial charge is 0.375 e. The molecule has 0 spiro atoms. The zero-order chi connectivity index (χ0) is 11.7. The summed E-state index contributed by atoms with van der Waals surface area (Å²) >= 11 is 0. The van der Waals surface area contributed by atoms with E-state index in [0.29, 0.717) is 11.6 Å². The van der Waals surface area contributed by atoms with Crippen molar-refractivity contribution in [2.24, 2.45) is 0 Å². The van der Waals surface area contributed by atoms with E-state index in [4.69, 9.17) is 4.74 Å². The van der Waals surface area contributed by atoms with Gasteiger partial charge in [0.15, 0.2) is 0 Å². The van der Waals surface area contributed by atoms with E-state index >= 15 is 0 Å². The third-order valence-electron chi connectivity index (χ3n) is 5.11. The second-order valence-electron chi connectivity index (χ2n) is 6.04. The molecule has 0 aromatic heterocycles. The van der Waals surface area contributed by atoms with Crippen LogP contribution in [0.1, 0.15) is 45.4 Å². The summed E-state index contributed by atoms with van der Waals surface area (Å²) in [5.74, 6) is 0. The number of hydrogen-bond acceptors (Lipinski definition) is 3. The number of rotatable bonds is 3. The lowest BCUT2D eigenvalue weighted by atomic mass is 9.92. The molecule has 3 aliphatic rings. The average molecular weight is 238 g/mol. The Balaban J connectivity index is 1.66. The fourth-order valence-electron chi connectivity index (χ4n) is 4.01. The first-order valence-corrected chi connectivity index (χ1v) is 7.44. The monoisotopic (exact) mass is 238 g/mol. The first kappa shape index (κ1) is 11.9. The molecule has 3 rings (SSSR count). The van der Waals surface area contributed by atoms with Gasteiger partial charge < -0.3 is 10.1 Å². The van der Waals surface area contributed by atoms with E-state index in [0.717, 1.165) is 19.2 Å². The molecule has 3 unspecified atom stereocenters. The Labute approximate surface area is 105 Å². The molecule has 0 radical (unpaired) electrons. The van der Waals surface area contributed by atoms with Crippen molar-refractivity contribution in [2.75, 3.05) is 26.2 Å². The second-order valence-corrected chi connectivity index (χ2v) is 6.04. The Morgan fingerprint density at radius 1 is 1.35 bits per heavy atom. The Morgan fingerprint density at radius 2 is 2.29 bits per heavy atom. The smallest absolute Gasteiger partial charge is 0.0730 e. The normalized spacial score (nSPS) is 42.9. The van der Waals surface area contributed by atoms with Gasteiger partial charge in [0.25, 0.3) is 0 Å². The summed E-state index contributed by atoms with van der Waals surface area (Å²) in [6, 6.07) is 0.717. The van der Waals surface area contributed by atoms with Crippen molar-refractivity contribution in [3.8, 4) is 0 Å². The van der Waals surface area contributed by atoms with Gasteiger partial charge in [-0.15, -0.1) is 0 Å². The number of nitrogens with zero attached hydrogens (tertiary/aromatic N) is 1. The maximum Gasteiger partial charge on any atom is 0.0730 e. The fourth-order valence-corrected chi connectivity index (χ4v) is 4.01. The SMILES string of the molecule is CCC1(CN2CCOC3CCCC32)CCCN1. The third-order valence-corrected chi connectivity index (χ3v) is 5.11. The van der Waals surface area contributed by atoms with Crippen LogP contribution >= 0.6 is 0 Å². The summed E-state index contributed by atoms with van der Waals surface area (Å²) in [5.41, 5.74) is 0.407. The molecule has 0 aromatic carbocycles. The minimum Gasteiger partial charge on any atom is -0.375 e. The minimum atomic E-state index is 0.407. The Kier molecular flexibility index (Phi) is 3.42. The lowest BCUT2D eigenvalue weighted by Gasteiger charge is -2.43. The standard InChI is InChI=1S/C14H26N2O/c1-2-14(7-4-8-15-14)11-16-9-10-17-13-6-3-5-12(13)16/h12-13,15H,2-11H2,1H3. The van der Waals surface area contributed by atoms with Crippen LogP contribution in [0.3, 0.4) is 0 Å². The van der Waals surface area contributed by atoms with E-state index < -0.39 is 0 Å². The molecule has 17 heavy (non-hydrogen) atoms. The summed E-state index contributed by atoms with van der Waals surface area (Å²) in [6.07, 6.45) is 8.52. The first-order chi connectivity index (χ1) is 8.33. The van der Waals surface area contributed by atoms with E-state index in [1.54, 1.807) is 0 Å². The predicted molar refractivity (Wildman–Crippen MR) is 69.2 cm³/mol. The highest BCUT2D eigenvalue weighted by Crippen LogP contribution is 2.32. The van der Waals surface area contributed by atoms with Crippen LogP contribution in [-0.2, 0) is 4.74 Å². The highest BCUT2D eigenvalue weighted by atomic mass is 16.5. The van der Waals surface area contributed by atoms with Gasteiger partial charge in [0, 0.05) is 24.7 Å². The van der Waals surface area contributed by atoms with Crippen LogP contribution in [0.2, 0.25) is 0 Å². The molecule has 2 heterocycles. The van der Waals surface area contributed by atoms with Gasteiger partial charge in [-0.2, -0.15) is 0 Å². The van der Waals surface area contributed by atoms with Gasteiger partial charge in [-0.25, -0.2) is 0 Å². The highest BCUT2D eigenvalue weighted by molar-refractivity contribution is 4.98. The predicted octanol–water partition coefficient (Wildman–Crippen LogP) is 1.77. The van der Waals surface area contributed by atoms with Gasteiger partial charge in [0.2, 0.25) is 0 Å². The Morgan fingerprint density at radius 3 is 3.06 bits per heavy atom. The summed E-state index contributed by atoms with van der Waals surface area (Å²) in [4.78, 5) is 2.73. The lowest BCUT2D eigenvalue weighted by Crippen LogP contribution is -2.57. The number of nitrogens with one attached hydrogen (secondary N) is 1. The number of fused-ring (bicyclic) bond motifs is 1. The van der Waals surface area contributed by atoms with Crippen molar-refractivity contribution in [1.29, 1.82) is 0 Å². The van der Waals surface area contributed by atoms with Crippen molar-refractivity contribution in [2.45, 2.75) is 63.1 Å². The van der Waals surface area contributed by atoms with Gasteiger partial charge in [0.1, 0.15) is 0 Å². The quantitative estimate of drug-likeness (QED) is 0.811. The van der Waals surface area contributed by atoms with Crippen LogP contribution in [0.25, 0.3) is 0 Å². The molecule has 98 valence electrons. The van der Waals surface area contributed by atoms with Crippen LogP contribution in [0.5, 0.6) is 0 Å². The molecule has 2 saturated heterocycles. The van der Waals surface area contributed by atoms with Gasteiger partial charge >= 0.3 is 0 Å². The molecule has 3 atom stereocenters.